The summed E-state index contributed by atoms with van der Waals surface area (Å²) < 4.78 is 29.9. The number of alkyl halides is 1. The number of nitrogens with one attached hydrogen (secondary N) is 3. The van der Waals surface area contributed by atoms with Crippen molar-refractivity contribution >= 4 is 28.5 Å². The van der Waals surface area contributed by atoms with Crippen molar-refractivity contribution in [3.63, 3.8) is 0 Å². The van der Waals surface area contributed by atoms with Gasteiger partial charge in [0.2, 0.25) is 0 Å². The van der Waals surface area contributed by atoms with Crippen molar-refractivity contribution in [2.45, 2.75) is 83.3 Å². The SMILES string of the molecule is CC(=N)NCC[C@@H]1CCC[C@@H](c2ccc(-n3cc4cc(-c5cc(CCC[C@H](C)N)cc(Cl)c5F)[nH]c4nc3=O)cc2)N1CCCF. The molecule has 0 aliphatic carbocycles. The van der Waals surface area contributed by atoms with E-state index in [0.717, 1.165) is 62.6 Å². The number of likely N-dealkylation sites (tertiary alicyclic amines) is 1. The van der Waals surface area contributed by atoms with Crippen molar-refractivity contribution in [1.29, 1.82) is 5.41 Å². The van der Waals surface area contributed by atoms with E-state index in [1.54, 1.807) is 31.3 Å². The molecule has 1 aliphatic rings. The van der Waals surface area contributed by atoms with Gasteiger partial charge in [0, 0.05) is 48.4 Å². The first kappa shape index (κ1) is 33.8. The molecule has 5 N–H and O–H groups in total. The zero-order valence-corrected chi connectivity index (χ0v) is 27.3. The van der Waals surface area contributed by atoms with Crippen LogP contribution in [0.3, 0.4) is 0 Å². The zero-order chi connectivity index (χ0) is 32.8. The molecule has 0 bridgehead atoms. The molecule has 0 radical (unpaired) electrons. The topological polar surface area (TPSA) is 116 Å². The molecule has 0 saturated carbocycles. The summed E-state index contributed by atoms with van der Waals surface area (Å²) in [6.45, 7) is 4.74. The van der Waals surface area contributed by atoms with Crippen LogP contribution in [-0.2, 0) is 6.42 Å². The number of piperidine rings is 1. The monoisotopic (exact) mass is 651 g/mol. The van der Waals surface area contributed by atoms with Crippen LogP contribution >= 0.6 is 11.6 Å². The predicted molar refractivity (Wildman–Crippen MR) is 182 cm³/mol. The highest BCUT2D eigenvalue weighted by atomic mass is 35.5. The zero-order valence-electron chi connectivity index (χ0n) is 26.6. The van der Waals surface area contributed by atoms with Gasteiger partial charge in [-0.3, -0.25) is 19.3 Å². The number of aromatic nitrogens is 3. The van der Waals surface area contributed by atoms with Crippen LogP contribution in [0.2, 0.25) is 5.02 Å². The number of rotatable bonds is 13. The lowest BCUT2D eigenvalue weighted by molar-refractivity contribution is 0.0741. The van der Waals surface area contributed by atoms with Gasteiger partial charge in [-0.2, -0.15) is 4.98 Å². The first-order valence-electron chi connectivity index (χ1n) is 16.2. The Morgan fingerprint density at radius 2 is 2.00 bits per heavy atom. The van der Waals surface area contributed by atoms with Crippen molar-refractivity contribution in [3.8, 4) is 16.9 Å². The molecular weight excluding hydrogens is 608 g/mol. The van der Waals surface area contributed by atoms with Gasteiger partial charge in [-0.25, -0.2) is 9.18 Å². The Hall–Kier alpha value is -3.60. The molecule has 0 unspecified atom stereocenters. The van der Waals surface area contributed by atoms with E-state index >= 15 is 4.39 Å². The Bertz CT molecular complexity index is 1700. The summed E-state index contributed by atoms with van der Waals surface area (Å²) >= 11 is 6.27. The number of aryl methyl sites for hydroxylation is 1. The van der Waals surface area contributed by atoms with E-state index in [1.807, 2.05) is 31.2 Å². The predicted octanol–water partition coefficient (Wildman–Crippen LogP) is 7.08. The van der Waals surface area contributed by atoms with Crippen LogP contribution in [0, 0.1) is 11.2 Å². The minimum absolute atomic E-state index is 0.0465. The Balaban J connectivity index is 1.38. The Kier molecular flexibility index (Phi) is 11.2. The number of nitrogens with two attached hydrogens (primary N) is 1. The molecular formula is C35H44ClF2N7O. The fraction of sp³-hybridized carbons (Fsp3) is 0.457. The van der Waals surface area contributed by atoms with E-state index in [-0.39, 0.29) is 23.8 Å². The summed E-state index contributed by atoms with van der Waals surface area (Å²) in [5, 5.41) is 11.5. The van der Waals surface area contributed by atoms with Crippen LogP contribution in [0.4, 0.5) is 8.78 Å². The maximum absolute atomic E-state index is 15.2. The highest BCUT2D eigenvalue weighted by Gasteiger charge is 2.31. The normalized spacial score (nSPS) is 17.8. The molecule has 2 aromatic heterocycles. The number of hydrogen-bond acceptors (Lipinski definition) is 5. The number of H-pyrrole nitrogens is 1. The average Bonchev–Trinajstić information content (AvgIpc) is 3.43. The minimum Gasteiger partial charge on any atom is -0.374 e. The van der Waals surface area contributed by atoms with Crippen molar-refractivity contribution in [2.24, 2.45) is 5.73 Å². The summed E-state index contributed by atoms with van der Waals surface area (Å²) in [5.74, 6) is -0.0758. The molecule has 246 valence electrons. The third kappa shape index (κ3) is 8.03. The standard InChI is InChI=1S/C35H44ClF2N7O/c1-22(39)6-3-7-24-18-29(33(38)30(36)19-24)31-20-26-21-45(35(46)43-34(26)42-31)28-12-10-25(11-13-28)32-9-4-8-27(14-16-41-23(2)40)44(32)17-5-15-37/h10-13,18-22,27,32H,3-9,14-17,39H2,1-2H3,(H2,40,41)(H,42,43,46)/t22-,27-,32-/m0/s1. The van der Waals surface area contributed by atoms with Crippen LogP contribution in [0.25, 0.3) is 28.0 Å². The van der Waals surface area contributed by atoms with Gasteiger partial charge in [0.15, 0.2) is 5.82 Å². The summed E-state index contributed by atoms with van der Waals surface area (Å²) in [6, 6.07) is 13.7. The second-order valence-corrected chi connectivity index (χ2v) is 12.9. The second-order valence-electron chi connectivity index (χ2n) is 12.5. The number of nitrogens with zero attached hydrogens (tertiary/aromatic N) is 3. The van der Waals surface area contributed by atoms with Gasteiger partial charge < -0.3 is 16.0 Å². The molecule has 3 atom stereocenters. The first-order chi connectivity index (χ1) is 22.1. The summed E-state index contributed by atoms with van der Waals surface area (Å²) in [6.07, 6.45) is 8.64. The number of aromatic amines is 1. The molecule has 1 saturated heterocycles. The van der Waals surface area contributed by atoms with Crippen LogP contribution < -0.4 is 16.7 Å². The highest BCUT2D eigenvalue weighted by molar-refractivity contribution is 6.31. The molecule has 3 heterocycles. The Morgan fingerprint density at radius 3 is 2.72 bits per heavy atom. The van der Waals surface area contributed by atoms with Crippen molar-refractivity contribution in [1.82, 2.24) is 24.8 Å². The number of halogens is 3. The minimum atomic E-state index is -0.526. The maximum atomic E-state index is 15.2. The number of amidine groups is 1. The summed E-state index contributed by atoms with van der Waals surface area (Å²) in [4.78, 5) is 22.9. The number of fused-ring (bicyclic) bond motifs is 1. The van der Waals surface area contributed by atoms with Crippen LogP contribution in [0.5, 0.6) is 0 Å². The van der Waals surface area contributed by atoms with Crippen LogP contribution in [0.1, 0.15) is 76.0 Å². The summed E-state index contributed by atoms with van der Waals surface area (Å²) in [5.41, 5.74) is 9.34. The fourth-order valence-electron chi connectivity index (χ4n) is 6.60. The molecule has 2 aromatic carbocycles. The van der Waals surface area contributed by atoms with Crippen molar-refractivity contribution in [2.75, 3.05) is 19.8 Å². The third-order valence-corrected chi connectivity index (χ3v) is 9.14. The number of benzene rings is 2. The molecule has 4 aromatic rings. The molecule has 46 heavy (non-hydrogen) atoms. The third-order valence-electron chi connectivity index (χ3n) is 8.87. The van der Waals surface area contributed by atoms with Gasteiger partial charge in [-0.05, 0) is 107 Å². The number of hydrogen-bond donors (Lipinski definition) is 4. The largest absolute Gasteiger partial charge is 0.374 e. The van der Waals surface area contributed by atoms with E-state index in [1.165, 1.54) is 4.57 Å². The average molecular weight is 652 g/mol. The van der Waals surface area contributed by atoms with Crippen molar-refractivity contribution in [3.05, 3.63) is 81.1 Å². The smallest absolute Gasteiger partial charge is 0.354 e. The van der Waals surface area contributed by atoms with Gasteiger partial charge in [-0.15, -0.1) is 0 Å². The van der Waals surface area contributed by atoms with Gasteiger partial charge in [0.05, 0.1) is 28.9 Å². The first-order valence-corrected chi connectivity index (χ1v) is 16.6. The maximum Gasteiger partial charge on any atom is 0.354 e. The van der Waals surface area contributed by atoms with Crippen molar-refractivity contribution < 1.29 is 8.78 Å². The highest BCUT2D eigenvalue weighted by Crippen LogP contribution is 2.36. The van der Waals surface area contributed by atoms with E-state index < -0.39 is 11.5 Å². The molecule has 0 spiro atoms. The molecule has 1 aliphatic heterocycles. The Labute approximate surface area is 273 Å². The lowest BCUT2D eigenvalue weighted by Gasteiger charge is -2.43. The van der Waals surface area contributed by atoms with Gasteiger partial charge in [-0.1, -0.05) is 23.7 Å². The van der Waals surface area contributed by atoms with Crippen LogP contribution in [-0.4, -0.2) is 57.1 Å². The Morgan fingerprint density at radius 1 is 1.22 bits per heavy atom. The lowest BCUT2D eigenvalue weighted by Crippen LogP contribution is -2.44. The van der Waals surface area contributed by atoms with Crippen LogP contribution in [0.15, 0.2) is 53.5 Å². The van der Waals surface area contributed by atoms with Gasteiger partial charge in [0.1, 0.15) is 5.65 Å². The van der Waals surface area contributed by atoms with E-state index in [4.69, 9.17) is 22.7 Å². The molecule has 8 nitrogen and oxygen atoms in total. The fourth-order valence-corrected chi connectivity index (χ4v) is 6.85. The quantitative estimate of drug-likeness (QED) is 0.0911. The molecule has 5 rings (SSSR count). The molecule has 11 heteroatoms. The van der Waals surface area contributed by atoms with E-state index in [9.17, 15) is 9.18 Å². The van der Waals surface area contributed by atoms with E-state index in [0.29, 0.717) is 52.8 Å². The molecule has 0 amide bonds. The second kappa shape index (κ2) is 15.3. The summed E-state index contributed by atoms with van der Waals surface area (Å²) in [7, 11) is 0. The van der Waals surface area contributed by atoms with E-state index in [2.05, 4.69) is 20.2 Å². The lowest BCUT2D eigenvalue weighted by atomic mass is 9.89. The van der Waals surface area contributed by atoms with Gasteiger partial charge in [0.25, 0.3) is 0 Å². The van der Waals surface area contributed by atoms with Gasteiger partial charge >= 0.3 is 5.69 Å². The molecule has 1 fully saturated rings.